The number of nitrogens with one attached hydrogen (secondary N) is 2. The van der Waals surface area contributed by atoms with Crippen molar-refractivity contribution in [3.05, 3.63) is 48.3 Å². The molecule has 0 atom stereocenters. The average Bonchev–Trinajstić information content (AvgIpc) is 3.25. The zero-order valence-electron chi connectivity index (χ0n) is 15.8. The number of hydrogen-bond acceptors (Lipinski definition) is 7. The molecule has 1 aliphatic heterocycles. The number of aromatic amines is 1. The summed E-state index contributed by atoms with van der Waals surface area (Å²) in [5, 5.41) is 9.89. The summed E-state index contributed by atoms with van der Waals surface area (Å²) in [6.07, 6.45) is 0. The number of carbonyl (C=O) groups is 1. The first kappa shape index (κ1) is 19.1. The molecule has 8 nitrogen and oxygen atoms in total. The molecule has 0 bridgehead atoms. The van der Waals surface area contributed by atoms with Gasteiger partial charge in [0.2, 0.25) is 5.91 Å². The molecule has 0 saturated carbocycles. The smallest absolute Gasteiger partial charge is 0.230 e. The topological polar surface area (TPSA) is 98.4 Å². The molecule has 0 spiro atoms. The molecule has 1 aliphatic rings. The van der Waals surface area contributed by atoms with Gasteiger partial charge in [0.15, 0.2) is 17.3 Å². The summed E-state index contributed by atoms with van der Waals surface area (Å²) in [6, 6.07) is 13.1. The fraction of sp³-hybridized carbons (Fsp3) is 0.250. The molecule has 1 amide bonds. The van der Waals surface area contributed by atoms with Crippen molar-refractivity contribution in [1.29, 1.82) is 0 Å². The largest absolute Gasteiger partial charge is 0.497 e. The first-order valence-electron chi connectivity index (χ1n) is 9.06. The quantitative estimate of drug-likeness (QED) is 0.576. The van der Waals surface area contributed by atoms with Crippen LogP contribution >= 0.6 is 11.8 Å². The lowest BCUT2D eigenvalue weighted by Gasteiger charge is -2.18. The first-order chi connectivity index (χ1) is 14.2. The van der Waals surface area contributed by atoms with E-state index in [1.54, 1.807) is 7.11 Å². The van der Waals surface area contributed by atoms with E-state index in [9.17, 15) is 4.79 Å². The highest BCUT2D eigenvalue weighted by Gasteiger charge is 2.13. The number of rotatable bonds is 7. The Kier molecular flexibility index (Phi) is 5.85. The maximum atomic E-state index is 12.2. The molecule has 0 radical (unpaired) electrons. The van der Waals surface area contributed by atoms with Crippen LogP contribution in [0.2, 0.25) is 0 Å². The third-order valence-electron chi connectivity index (χ3n) is 4.22. The fourth-order valence-electron chi connectivity index (χ4n) is 2.74. The molecule has 0 saturated heterocycles. The molecule has 3 aromatic rings. The van der Waals surface area contributed by atoms with Gasteiger partial charge in [-0.3, -0.25) is 9.89 Å². The number of hydrogen-bond donors (Lipinski definition) is 2. The highest BCUT2D eigenvalue weighted by molar-refractivity contribution is 8.00. The van der Waals surface area contributed by atoms with Gasteiger partial charge in [-0.2, -0.15) is 5.10 Å². The number of thioether (sulfide) groups is 1. The van der Waals surface area contributed by atoms with Crippen LogP contribution in [0.15, 0.2) is 47.4 Å². The molecule has 29 heavy (non-hydrogen) atoms. The van der Waals surface area contributed by atoms with Crippen molar-refractivity contribution in [1.82, 2.24) is 20.5 Å². The van der Waals surface area contributed by atoms with E-state index in [0.717, 1.165) is 27.7 Å². The maximum absolute atomic E-state index is 12.2. The summed E-state index contributed by atoms with van der Waals surface area (Å²) in [4.78, 5) is 17.5. The lowest BCUT2D eigenvalue weighted by molar-refractivity contribution is -0.118. The number of fused-ring (bicyclic) bond motifs is 1. The van der Waals surface area contributed by atoms with E-state index in [4.69, 9.17) is 14.2 Å². The van der Waals surface area contributed by atoms with E-state index in [-0.39, 0.29) is 12.5 Å². The van der Waals surface area contributed by atoms with Gasteiger partial charge in [0.25, 0.3) is 0 Å². The minimum absolute atomic E-state index is 0.0905. The van der Waals surface area contributed by atoms with Crippen LogP contribution in [-0.2, 0) is 11.3 Å². The van der Waals surface area contributed by atoms with Gasteiger partial charge in [0, 0.05) is 10.5 Å². The van der Waals surface area contributed by atoms with Crippen LogP contribution < -0.4 is 19.5 Å². The van der Waals surface area contributed by atoms with Gasteiger partial charge in [-0.25, -0.2) is 4.98 Å². The lowest BCUT2D eigenvalue weighted by atomic mass is 10.2. The van der Waals surface area contributed by atoms with Gasteiger partial charge in [0.05, 0.1) is 19.4 Å². The number of amides is 1. The van der Waals surface area contributed by atoms with Crippen molar-refractivity contribution in [3.8, 4) is 28.6 Å². The maximum Gasteiger partial charge on any atom is 0.230 e. The molecular weight excluding hydrogens is 392 g/mol. The van der Waals surface area contributed by atoms with Gasteiger partial charge >= 0.3 is 0 Å². The van der Waals surface area contributed by atoms with Crippen LogP contribution in [0.5, 0.6) is 17.2 Å². The highest BCUT2D eigenvalue weighted by Crippen LogP contribution is 2.34. The Morgan fingerprint density at radius 3 is 2.76 bits per heavy atom. The number of ether oxygens (including phenoxy) is 3. The second-order valence-electron chi connectivity index (χ2n) is 6.21. The lowest BCUT2D eigenvalue weighted by Crippen LogP contribution is -2.25. The summed E-state index contributed by atoms with van der Waals surface area (Å²) in [5.74, 6) is 3.59. The molecule has 1 aromatic heterocycles. The molecule has 2 N–H and O–H groups in total. The zero-order chi connectivity index (χ0) is 20.1. The van der Waals surface area contributed by atoms with E-state index >= 15 is 0 Å². The van der Waals surface area contributed by atoms with Crippen molar-refractivity contribution < 1.29 is 19.0 Å². The summed E-state index contributed by atoms with van der Waals surface area (Å²) in [7, 11) is 1.62. The molecule has 150 valence electrons. The minimum atomic E-state index is -0.0905. The molecule has 2 aromatic carbocycles. The number of nitrogens with zero attached hydrogens (tertiary/aromatic N) is 2. The third-order valence-corrected chi connectivity index (χ3v) is 5.21. The Bertz CT molecular complexity index is 990. The Morgan fingerprint density at radius 2 is 1.97 bits per heavy atom. The Labute approximate surface area is 172 Å². The van der Waals surface area contributed by atoms with Crippen molar-refractivity contribution >= 4 is 17.7 Å². The molecular formula is C20H20N4O4S. The monoisotopic (exact) mass is 412 g/mol. The van der Waals surface area contributed by atoms with Gasteiger partial charge < -0.3 is 19.5 Å². The van der Waals surface area contributed by atoms with Crippen molar-refractivity contribution in [3.63, 3.8) is 0 Å². The second kappa shape index (κ2) is 8.87. The standard InChI is InChI=1S/C20H20N4O4S/c1-26-14-4-2-13(3-5-14)20-22-18(23-24-20)11-21-19(25)12-29-15-6-7-16-17(10-15)28-9-8-27-16/h2-7,10H,8-9,11-12H2,1H3,(H,21,25)(H,22,23,24). The molecule has 0 fully saturated rings. The molecule has 2 heterocycles. The van der Waals surface area contributed by atoms with Gasteiger partial charge in [0.1, 0.15) is 24.8 Å². The van der Waals surface area contributed by atoms with Crippen LogP contribution in [0, 0.1) is 0 Å². The Morgan fingerprint density at radius 1 is 1.17 bits per heavy atom. The SMILES string of the molecule is COc1ccc(-c2n[nH]c(CNC(=O)CSc3ccc4c(c3)OCCO4)n2)cc1. The zero-order valence-corrected chi connectivity index (χ0v) is 16.6. The molecule has 9 heteroatoms. The molecule has 0 aliphatic carbocycles. The predicted molar refractivity (Wildman–Crippen MR) is 108 cm³/mol. The van der Waals surface area contributed by atoms with Crippen LogP contribution in [0.1, 0.15) is 5.82 Å². The molecule has 0 unspecified atom stereocenters. The van der Waals surface area contributed by atoms with Crippen LogP contribution in [0.3, 0.4) is 0 Å². The first-order valence-corrected chi connectivity index (χ1v) is 10.0. The van der Waals surface area contributed by atoms with Gasteiger partial charge in [-0.15, -0.1) is 11.8 Å². The van der Waals surface area contributed by atoms with E-state index in [1.165, 1.54) is 11.8 Å². The van der Waals surface area contributed by atoms with E-state index in [1.807, 2.05) is 42.5 Å². The summed E-state index contributed by atoms with van der Waals surface area (Å²) < 4.78 is 16.2. The van der Waals surface area contributed by atoms with Crippen LogP contribution in [0.4, 0.5) is 0 Å². The Balaban J connectivity index is 1.27. The number of carbonyl (C=O) groups excluding carboxylic acids is 1. The number of benzene rings is 2. The number of aromatic nitrogens is 3. The average molecular weight is 412 g/mol. The minimum Gasteiger partial charge on any atom is -0.497 e. The van der Waals surface area contributed by atoms with E-state index in [0.29, 0.717) is 30.6 Å². The molecule has 4 rings (SSSR count). The highest BCUT2D eigenvalue weighted by atomic mass is 32.2. The third kappa shape index (κ3) is 4.80. The van der Waals surface area contributed by atoms with Crippen molar-refractivity contribution in [2.24, 2.45) is 0 Å². The van der Waals surface area contributed by atoms with E-state index < -0.39 is 0 Å². The van der Waals surface area contributed by atoms with Gasteiger partial charge in [-0.1, -0.05) is 0 Å². The number of methoxy groups -OCH3 is 1. The summed E-state index contributed by atoms with van der Waals surface area (Å²) in [5.41, 5.74) is 0.869. The van der Waals surface area contributed by atoms with Crippen LogP contribution in [0.25, 0.3) is 11.4 Å². The normalized spacial score (nSPS) is 12.4. The van der Waals surface area contributed by atoms with Crippen molar-refractivity contribution in [2.75, 3.05) is 26.1 Å². The van der Waals surface area contributed by atoms with Gasteiger partial charge in [-0.05, 0) is 42.5 Å². The van der Waals surface area contributed by atoms with Crippen molar-refractivity contribution in [2.45, 2.75) is 11.4 Å². The second-order valence-corrected chi connectivity index (χ2v) is 7.25. The predicted octanol–water partition coefficient (Wildman–Crippen LogP) is 2.66. The van der Waals surface area contributed by atoms with Crippen LogP contribution in [-0.4, -0.2) is 47.2 Å². The fourth-order valence-corrected chi connectivity index (χ4v) is 3.49. The van der Waals surface area contributed by atoms with E-state index in [2.05, 4.69) is 20.5 Å². The summed E-state index contributed by atoms with van der Waals surface area (Å²) >= 11 is 1.44. The Hall–Kier alpha value is -3.20. The summed E-state index contributed by atoms with van der Waals surface area (Å²) in [6.45, 7) is 1.38. The number of H-pyrrole nitrogens is 1.